The van der Waals surface area contributed by atoms with Crippen molar-refractivity contribution in [3.05, 3.63) is 52.7 Å². The number of rotatable bonds is 2. The molecule has 1 aromatic heterocycles. The van der Waals surface area contributed by atoms with E-state index in [-0.39, 0.29) is 22.1 Å². The van der Waals surface area contributed by atoms with Crippen molar-refractivity contribution < 1.29 is 13.6 Å². The lowest BCUT2D eigenvalue weighted by atomic mass is 10.2. The monoisotopic (exact) mass is 283 g/mol. The maximum atomic E-state index is 13.6. The zero-order valence-electron chi connectivity index (χ0n) is 9.45. The average molecular weight is 284 g/mol. The summed E-state index contributed by atoms with van der Waals surface area (Å²) in [6.45, 7) is 0. The Bertz CT molecular complexity index is 649. The fourth-order valence-corrected chi connectivity index (χ4v) is 1.53. The largest absolute Gasteiger partial charge is 0.381 e. The molecule has 2 rings (SSSR count). The Labute approximate surface area is 112 Å². The van der Waals surface area contributed by atoms with E-state index < -0.39 is 17.5 Å². The summed E-state index contributed by atoms with van der Waals surface area (Å²) in [5, 5.41) is 2.26. The molecule has 0 spiro atoms. The predicted molar refractivity (Wildman–Crippen MR) is 68.0 cm³/mol. The average Bonchev–Trinajstić information content (AvgIpc) is 2.37. The van der Waals surface area contributed by atoms with Gasteiger partial charge in [0.25, 0.3) is 5.91 Å². The molecule has 1 aromatic carbocycles. The molecular weight excluding hydrogens is 276 g/mol. The van der Waals surface area contributed by atoms with Gasteiger partial charge in [0.15, 0.2) is 11.6 Å². The Morgan fingerprint density at radius 2 is 2.05 bits per heavy atom. The zero-order valence-corrected chi connectivity index (χ0v) is 10.2. The molecule has 98 valence electrons. The van der Waals surface area contributed by atoms with Gasteiger partial charge < -0.3 is 11.1 Å². The first kappa shape index (κ1) is 13.2. The lowest BCUT2D eigenvalue weighted by Crippen LogP contribution is -2.15. The highest BCUT2D eigenvalue weighted by molar-refractivity contribution is 6.30. The molecule has 3 N–H and O–H groups in total. The summed E-state index contributed by atoms with van der Waals surface area (Å²) in [6, 6.07) is 4.88. The maximum absolute atomic E-state index is 13.6. The third-order valence-electron chi connectivity index (χ3n) is 2.34. The number of nitrogen functional groups attached to an aromatic ring is 1. The number of nitrogens with one attached hydrogen (secondary N) is 1. The molecule has 0 saturated heterocycles. The number of anilines is 2. The Balaban J connectivity index is 2.26. The van der Waals surface area contributed by atoms with Crippen molar-refractivity contribution in [2.75, 3.05) is 11.1 Å². The van der Waals surface area contributed by atoms with Crippen LogP contribution in [0.25, 0.3) is 0 Å². The number of hydrogen-bond donors (Lipinski definition) is 2. The molecule has 1 amide bonds. The molecule has 19 heavy (non-hydrogen) atoms. The molecular formula is C12H8ClF2N3O. The molecule has 0 atom stereocenters. The van der Waals surface area contributed by atoms with E-state index in [0.717, 1.165) is 6.07 Å². The fourth-order valence-electron chi connectivity index (χ4n) is 1.41. The number of amides is 1. The van der Waals surface area contributed by atoms with E-state index in [2.05, 4.69) is 10.3 Å². The second kappa shape index (κ2) is 5.19. The Kier molecular flexibility index (Phi) is 3.62. The van der Waals surface area contributed by atoms with Crippen molar-refractivity contribution in [2.45, 2.75) is 0 Å². The third-order valence-corrected chi connectivity index (χ3v) is 2.64. The van der Waals surface area contributed by atoms with Gasteiger partial charge in [-0.05, 0) is 24.3 Å². The third kappa shape index (κ3) is 2.79. The van der Waals surface area contributed by atoms with Gasteiger partial charge >= 0.3 is 0 Å². The normalized spacial score (nSPS) is 10.3. The van der Waals surface area contributed by atoms with Crippen LogP contribution in [0.1, 0.15) is 10.4 Å². The summed E-state index contributed by atoms with van der Waals surface area (Å²) in [7, 11) is 0. The van der Waals surface area contributed by atoms with E-state index in [1.165, 1.54) is 24.4 Å². The molecule has 0 unspecified atom stereocenters. The first-order valence-corrected chi connectivity index (χ1v) is 5.53. The summed E-state index contributed by atoms with van der Waals surface area (Å²) in [5.74, 6) is -2.74. The minimum Gasteiger partial charge on any atom is -0.381 e. The molecule has 0 saturated carbocycles. The van der Waals surface area contributed by atoms with Crippen LogP contribution in [0.5, 0.6) is 0 Å². The van der Waals surface area contributed by atoms with Crippen molar-refractivity contribution >= 4 is 29.0 Å². The van der Waals surface area contributed by atoms with Crippen LogP contribution in [0, 0.1) is 11.6 Å². The lowest BCUT2D eigenvalue weighted by Gasteiger charge is -2.07. The molecule has 4 nitrogen and oxygen atoms in total. The van der Waals surface area contributed by atoms with E-state index in [0.29, 0.717) is 0 Å². The number of pyridine rings is 1. The summed E-state index contributed by atoms with van der Waals surface area (Å²) < 4.78 is 26.7. The van der Waals surface area contributed by atoms with Crippen molar-refractivity contribution in [3.8, 4) is 0 Å². The van der Waals surface area contributed by atoms with E-state index in [9.17, 15) is 13.6 Å². The number of nitrogens with zero attached hydrogens (tertiary/aromatic N) is 1. The van der Waals surface area contributed by atoms with Gasteiger partial charge in [0.1, 0.15) is 5.82 Å². The van der Waals surface area contributed by atoms with E-state index >= 15 is 0 Å². The van der Waals surface area contributed by atoms with Crippen molar-refractivity contribution in [2.24, 2.45) is 0 Å². The number of aromatic nitrogens is 1. The first-order chi connectivity index (χ1) is 8.99. The standard InChI is InChI=1S/C12H8ClF2N3O/c13-8-2-1-6(5-9(8)14)18-12(19)7-3-4-17-11(16)10(7)15/h1-5H,(H2,16,17)(H,18,19). The molecule has 7 heteroatoms. The van der Waals surface area contributed by atoms with Crippen LogP contribution in [0.3, 0.4) is 0 Å². The van der Waals surface area contributed by atoms with Crippen molar-refractivity contribution in [1.82, 2.24) is 4.98 Å². The van der Waals surface area contributed by atoms with Crippen LogP contribution in [0.15, 0.2) is 30.5 Å². The lowest BCUT2D eigenvalue weighted by molar-refractivity contribution is 0.102. The second-order valence-corrected chi connectivity index (χ2v) is 4.05. The van der Waals surface area contributed by atoms with Crippen LogP contribution in [-0.2, 0) is 0 Å². The molecule has 0 radical (unpaired) electrons. The number of carbonyl (C=O) groups is 1. The number of benzene rings is 1. The topological polar surface area (TPSA) is 68.0 Å². The quantitative estimate of drug-likeness (QED) is 0.890. The predicted octanol–water partition coefficient (Wildman–Crippen LogP) is 2.85. The smallest absolute Gasteiger partial charge is 0.258 e. The summed E-state index contributed by atoms with van der Waals surface area (Å²) in [4.78, 5) is 15.3. The molecule has 0 bridgehead atoms. The molecule has 0 fully saturated rings. The fraction of sp³-hybridized carbons (Fsp3) is 0. The van der Waals surface area contributed by atoms with Crippen LogP contribution in [0.4, 0.5) is 20.3 Å². The molecule has 0 aliphatic heterocycles. The van der Waals surface area contributed by atoms with Crippen LogP contribution >= 0.6 is 11.6 Å². The minimum atomic E-state index is -0.922. The second-order valence-electron chi connectivity index (χ2n) is 3.64. The number of hydrogen-bond acceptors (Lipinski definition) is 3. The van der Waals surface area contributed by atoms with Gasteiger partial charge in [-0.1, -0.05) is 11.6 Å². The number of carbonyl (C=O) groups excluding carboxylic acids is 1. The Morgan fingerprint density at radius 1 is 1.32 bits per heavy atom. The van der Waals surface area contributed by atoms with Gasteiger partial charge in [-0.25, -0.2) is 13.8 Å². The van der Waals surface area contributed by atoms with Gasteiger partial charge in [-0.3, -0.25) is 4.79 Å². The van der Waals surface area contributed by atoms with Gasteiger partial charge in [-0.2, -0.15) is 0 Å². The highest BCUT2D eigenvalue weighted by Crippen LogP contribution is 2.20. The van der Waals surface area contributed by atoms with Crippen molar-refractivity contribution in [1.29, 1.82) is 0 Å². The van der Waals surface area contributed by atoms with E-state index in [4.69, 9.17) is 17.3 Å². The first-order valence-electron chi connectivity index (χ1n) is 5.15. The highest BCUT2D eigenvalue weighted by atomic mass is 35.5. The van der Waals surface area contributed by atoms with Gasteiger partial charge in [0.05, 0.1) is 10.6 Å². The zero-order chi connectivity index (χ0) is 14.0. The van der Waals surface area contributed by atoms with Gasteiger partial charge in [0, 0.05) is 11.9 Å². The van der Waals surface area contributed by atoms with Crippen LogP contribution < -0.4 is 11.1 Å². The van der Waals surface area contributed by atoms with Gasteiger partial charge in [-0.15, -0.1) is 0 Å². The Morgan fingerprint density at radius 3 is 2.74 bits per heavy atom. The molecule has 2 aromatic rings. The van der Waals surface area contributed by atoms with Crippen molar-refractivity contribution in [3.63, 3.8) is 0 Å². The minimum absolute atomic E-state index is 0.0719. The SMILES string of the molecule is Nc1nccc(C(=O)Nc2ccc(Cl)c(F)c2)c1F. The van der Waals surface area contributed by atoms with Gasteiger partial charge in [0.2, 0.25) is 0 Å². The Hall–Kier alpha value is -2.21. The molecule has 1 heterocycles. The maximum Gasteiger partial charge on any atom is 0.258 e. The summed E-state index contributed by atoms with van der Waals surface area (Å²) in [5.41, 5.74) is 5.13. The van der Waals surface area contributed by atoms with E-state index in [1.54, 1.807) is 0 Å². The molecule has 0 aliphatic rings. The van der Waals surface area contributed by atoms with E-state index in [1.807, 2.05) is 0 Å². The van der Waals surface area contributed by atoms with Crippen LogP contribution in [-0.4, -0.2) is 10.9 Å². The molecule has 0 aliphatic carbocycles. The number of nitrogens with two attached hydrogens (primary N) is 1. The highest BCUT2D eigenvalue weighted by Gasteiger charge is 2.15. The summed E-state index contributed by atoms with van der Waals surface area (Å²) >= 11 is 5.51. The number of halogens is 3. The summed E-state index contributed by atoms with van der Waals surface area (Å²) in [6.07, 6.45) is 1.20. The van der Waals surface area contributed by atoms with Crippen LogP contribution in [0.2, 0.25) is 5.02 Å².